The van der Waals surface area contributed by atoms with Gasteiger partial charge in [0.25, 0.3) is 0 Å². The lowest BCUT2D eigenvalue weighted by molar-refractivity contribution is 0.267. The standard InChI is InChI=1S/C11H21N/c1-8-5-9(2)11(7-12-4)10(3)6-8/h5,9-12H,6-7H2,1-4H3/t9-,10-,11+/m0/s1. The predicted molar refractivity (Wildman–Crippen MR) is 54.1 cm³/mol. The topological polar surface area (TPSA) is 12.0 Å². The molecule has 0 aliphatic heterocycles. The summed E-state index contributed by atoms with van der Waals surface area (Å²) in [5.41, 5.74) is 1.57. The van der Waals surface area contributed by atoms with E-state index in [-0.39, 0.29) is 0 Å². The number of hydrogen-bond donors (Lipinski definition) is 1. The minimum absolute atomic E-state index is 0.751. The largest absolute Gasteiger partial charge is 0.319 e. The number of hydrogen-bond acceptors (Lipinski definition) is 1. The Bertz CT molecular complexity index is 172. The highest BCUT2D eigenvalue weighted by Gasteiger charge is 2.25. The fraction of sp³-hybridized carbons (Fsp3) is 0.818. The zero-order valence-corrected chi connectivity index (χ0v) is 8.72. The lowest BCUT2D eigenvalue weighted by Crippen LogP contribution is -2.31. The van der Waals surface area contributed by atoms with Crippen LogP contribution in [0.3, 0.4) is 0 Å². The van der Waals surface area contributed by atoms with Crippen LogP contribution in [0.2, 0.25) is 0 Å². The molecule has 1 heteroatoms. The monoisotopic (exact) mass is 167 g/mol. The van der Waals surface area contributed by atoms with Crippen molar-refractivity contribution in [1.29, 1.82) is 0 Å². The molecule has 0 aromatic rings. The first-order valence-electron chi connectivity index (χ1n) is 4.97. The van der Waals surface area contributed by atoms with Crippen LogP contribution in [0.5, 0.6) is 0 Å². The van der Waals surface area contributed by atoms with Crippen molar-refractivity contribution in [3.8, 4) is 0 Å². The summed E-state index contributed by atoms with van der Waals surface area (Å²) in [6.07, 6.45) is 3.72. The number of allylic oxidation sites excluding steroid dienone is 2. The van der Waals surface area contributed by atoms with Crippen molar-refractivity contribution in [2.24, 2.45) is 17.8 Å². The molecule has 0 saturated carbocycles. The normalized spacial score (nSPS) is 36.3. The van der Waals surface area contributed by atoms with Crippen LogP contribution in [0.4, 0.5) is 0 Å². The molecule has 0 heterocycles. The summed E-state index contributed by atoms with van der Waals surface area (Å²) in [4.78, 5) is 0. The maximum absolute atomic E-state index is 3.28. The Morgan fingerprint density at radius 3 is 2.67 bits per heavy atom. The SMILES string of the molecule is CNC[C@@H]1[C@@H](C)C=C(C)C[C@@H]1C. The molecule has 1 aliphatic carbocycles. The summed E-state index contributed by atoms with van der Waals surface area (Å²) in [6.45, 7) is 8.12. The average molecular weight is 167 g/mol. The van der Waals surface area contributed by atoms with E-state index in [0.717, 1.165) is 24.3 Å². The van der Waals surface area contributed by atoms with Gasteiger partial charge in [0.1, 0.15) is 0 Å². The third-order valence-electron chi connectivity index (χ3n) is 3.04. The van der Waals surface area contributed by atoms with Gasteiger partial charge >= 0.3 is 0 Å². The smallest absolute Gasteiger partial charge is 0.00153 e. The van der Waals surface area contributed by atoms with Crippen molar-refractivity contribution in [2.75, 3.05) is 13.6 Å². The van der Waals surface area contributed by atoms with Crippen LogP contribution in [0.1, 0.15) is 27.2 Å². The van der Waals surface area contributed by atoms with Crippen molar-refractivity contribution in [3.05, 3.63) is 11.6 Å². The van der Waals surface area contributed by atoms with Gasteiger partial charge in [0.15, 0.2) is 0 Å². The van der Waals surface area contributed by atoms with Gasteiger partial charge in [-0.05, 0) is 44.7 Å². The zero-order valence-electron chi connectivity index (χ0n) is 8.72. The molecular weight excluding hydrogens is 146 g/mol. The van der Waals surface area contributed by atoms with Gasteiger partial charge in [0.2, 0.25) is 0 Å². The highest BCUT2D eigenvalue weighted by atomic mass is 14.8. The Labute approximate surface area is 76.2 Å². The predicted octanol–water partition coefficient (Wildman–Crippen LogP) is 2.44. The summed E-state index contributed by atoms with van der Waals surface area (Å²) in [6, 6.07) is 0. The molecule has 1 rings (SSSR count). The summed E-state index contributed by atoms with van der Waals surface area (Å²) in [5, 5.41) is 3.28. The van der Waals surface area contributed by atoms with Gasteiger partial charge < -0.3 is 5.32 Å². The molecule has 3 atom stereocenters. The van der Waals surface area contributed by atoms with Crippen LogP contribution in [0, 0.1) is 17.8 Å². The van der Waals surface area contributed by atoms with Gasteiger partial charge in [0.05, 0.1) is 0 Å². The van der Waals surface area contributed by atoms with Crippen molar-refractivity contribution < 1.29 is 0 Å². The molecule has 1 nitrogen and oxygen atoms in total. The molecule has 0 radical (unpaired) electrons. The quantitative estimate of drug-likeness (QED) is 0.623. The second kappa shape index (κ2) is 4.08. The van der Waals surface area contributed by atoms with Crippen LogP contribution >= 0.6 is 0 Å². The van der Waals surface area contributed by atoms with E-state index in [1.807, 2.05) is 7.05 Å². The molecule has 0 unspecified atom stereocenters. The fourth-order valence-corrected chi connectivity index (χ4v) is 2.44. The third kappa shape index (κ3) is 2.10. The Hall–Kier alpha value is -0.300. The maximum Gasteiger partial charge on any atom is -0.00153 e. The first-order chi connectivity index (χ1) is 5.65. The number of nitrogens with one attached hydrogen (secondary N) is 1. The molecule has 0 fully saturated rings. The van der Waals surface area contributed by atoms with E-state index < -0.39 is 0 Å². The van der Waals surface area contributed by atoms with Crippen LogP contribution in [0.15, 0.2) is 11.6 Å². The van der Waals surface area contributed by atoms with Gasteiger partial charge in [-0.25, -0.2) is 0 Å². The van der Waals surface area contributed by atoms with Crippen LogP contribution in [-0.2, 0) is 0 Å². The lowest BCUT2D eigenvalue weighted by Gasteiger charge is -2.32. The Morgan fingerprint density at radius 1 is 1.50 bits per heavy atom. The third-order valence-corrected chi connectivity index (χ3v) is 3.04. The van der Waals surface area contributed by atoms with Gasteiger partial charge in [-0.1, -0.05) is 25.5 Å². The molecule has 0 bridgehead atoms. The highest BCUT2D eigenvalue weighted by Crippen LogP contribution is 2.32. The molecule has 0 saturated heterocycles. The Kier molecular flexibility index (Phi) is 3.33. The number of rotatable bonds is 2. The molecule has 1 N–H and O–H groups in total. The van der Waals surface area contributed by atoms with E-state index >= 15 is 0 Å². The Morgan fingerprint density at radius 2 is 2.17 bits per heavy atom. The van der Waals surface area contributed by atoms with Crippen molar-refractivity contribution in [2.45, 2.75) is 27.2 Å². The summed E-state index contributed by atoms with van der Waals surface area (Å²) in [7, 11) is 2.05. The Balaban J connectivity index is 2.62. The molecule has 0 aromatic carbocycles. The van der Waals surface area contributed by atoms with E-state index in [2.05, 4.69) is 32.2 Å². The second-order valence-corrected chi connectivity index (χ2v) is 4.28. The zero-order chi connectivity index (χ0) is 9.14. The second-order valence-electron chi connectivity index (χ2n) is 4.28. The average Bonchev–Trinajstić information content (AvgIpc) is 1.96. The fourth-order valence-electron chi connectivity index (χ4n) is 2.44. The van der Waals surface area contributed by atoms with Crippen LogP contribution in [0.25, 0.3) is 0 Å². The van der Waals surface area contributed by atoms with Crippen LogP contribution in [-0.4, -0.2) is 13.6 Å². The van der Waals surface area contributed by atoms with E-state index in [0.29, 0.717) is 0 Å². The lowest BCUT2D eigenvalue weighted by atomic mass is 9.75. The molecule has 0 amide bonds. The van der Waals surface area contributed by atoms with E-state index in [1.54, 1.807) is 5.57 Å². The minimum atomic E-state index is 0.751. The van der Waals surface area contributed by atoms with E-state index in [4.69, 9.17) is 0 Å². The molecular formula is C11H21N. The van der Waals surface area contributed by atoms with Crippen LogP contribution < -0.4 is 5.32 Å². The maximum atomic E-state index is 3.28. The minimum Gasteiger partial charge on any atom is -0.319 e. The van der Waals surface area contributed by atoms with Crippen molar-refractivity contribution in [3.63, 3.8) is 0 Å². The summed E-state index contributed by atoms with van der Waals surface area (Å²) >= 11 is 0. The van der Waals surface area contributed by atoms with Crippen molar-refractivity contribution in [1.82, 2.24) is 5.32 Å². The van der Waals surface area contributed by atoms with E-state index in [1.165, 1.54) is 6.42 Å². The van der Waals surface area contributed by atoms with Gasteiger partial charge in [-0.15, -0.1) is 0 Å². The van der Waals surface area contributed by atoms with E-state index in [9.17, 15) is 0 Å². The first kappa shape index (κ1) is 9.79. The molecule has 12 heavy (non-hydrogen) atoms. The summed E-state index contributed by atoms with van der Waals surface area (Å²) < 4.78 is 0. The van der Waals surface area contributed by atoms with Gasteiger partial charge in [0, 0.05) is 0 Å². The first-order valence-corrected chi connectivity index (χ1v) is 4.97. The van der Waals surface area contributed by atoms with Gasteiger partial charge in [-0.2, -0.15) is 0 Å². The van der Waals surface area contributed by atoms with Crippen molar-refractivity contribution >= 4 is 0 Å². The molecule has 70 valence electrons. The highest BCUT2D eigenvalue weighted by molar-refractivity contribution is 5.08. The van der Waals surface area contributed by atoms with Gasteiger partial charge in [-0.3, -0.25) is 0 Å². The molecule has 1 aliphatic rings. The molecule has 0 spiro atoms. The summed E-state index contributed by atoms with van der Waals surface area (Å²) in [5.74, 6) is 2.43. The molecule has 0 aromatic heterocycles.